The molecule has 26 heavy (non-hydrogen) atoms. The van der Waals surface area contributed by atoms with Gasteiger partial charge >= 0.3 is 5.97 Å². The van der Waals surface area contributed by atoms with Crippen LogP contribution in [-0.4, -0.2) is 37.8 Å². The average molecular weight is 366 g/mol. The van der Waals surface area contributed by atoms with Crippen LogP contribution in [0.25, 0.3) is 10.7 Å². The molecule has 0 spiro atoms. The maximum absolute atomic E-state index is 12.2. The lowest BCUT2D eigenvalue weighted by Crippen LogP contribution is -2.33. The highest BCUT2D eigenvalue weighted by Gasteiger charge is 2.38. The molecular weight excluding hydrogens is 356 g/mol. The second-order valence-electron chi connectivity index (χ2n) is 5.32. The third-order valence-corrected chi connectivity index (χ3v) is 4.52. The van der Waals surface area contributed by atoms with Gasteiger partial charge in [-0.1, -0.05) is 17.2 Å². The minimum absolute atomic E-state index is 0.176. The highest BCUT2D eigenvalue weighted by atomic mass is 32.1. The van der Waals surface area contributed by atoms with E-state index in [0.717, 1.165) is 0 Å². The molecule has 8 nitrogen and oxygen atoms in total. The summed E-state index contributed by atoms with van der Waals surface area (Å²) in [6.45, 7) is 0. The molecule has 0 unspecified atom stereocenters. The molecule has 9 heteroatoms. The topological polar surface area (TPSA) is 102 Å². The second kappa shape index (κ2) is 6.45. The van der Waals surface area contributed by atoms with Gasteiger partial charge in [0.25, 0.3) is 11.8 Å². The summed E-state index contributed by atoms with van der Waals surface area (Å²) in [5.41, 5.74) is 1.47. The predicted molar refractivity (Wildman–Crippen MR) is 89.9 cm³/mol. The molecule has 0 aliphatic carbocycles. The van der Waals surface area contributed by atoms with E-state index in [0.29, 0.717) is 21.5 Å². The van der Waals surface area contributed by atoms with Crippen molar-refractivity contribution in [1.29, 1.82) is 0 Å². The fourth-order valence-corrected chi connectivity index (χ4v) is 3.23. The normalized spacial score (nSPS) is 13.0. The summed E-state index contributed by atoms with van der Waals surface area (Å²) in [4.78, 5) is 53.9. The molecule has 0 saturated carbocycles. The van der Waals surface area contributed by atoms with E-state index >= 15 is 0 Å². The van der Waals surface area contributed by atoms with E-state index in [9.17, 15) is 14.4 Å². The first-order valence-corrected chi connectivity index (χ1v) is 8.41. The Morgan fingerprint density at radius 2 is 1.85 bits per heavy atom. The first kappa shape index (κ1) is 16.0. The number of thiazole rings is 1. The number of carbonyl (C=O) groups excluding carboxylic acids is 3. The molecule has 1 aromatic carbocycles. The third-order valence-electron chi connectivity index (χ3n) is 3.61. The first-order chi connectivity index (χ1) is 12.6. The van der Waals surface area contributed by atoms with E-state index < -0.39 is 17.8 Å². The van der Waals surface area contributed by atoms with Crippen molar-refractivity contribution in [3.05, 3.63) is 65.1 Å². The average Bonchev–Trinajstić information content (AvgIpc) is 3.22. The number of carbonyl (C=O) groups is 3. The lowest BCUT2D eigenvalue weighted by Gasteiger charge is -2.12. The Labute approximate surface area is 151 Å². The van der Waals surface area contributed by atoms with Gasteiger partial charge in [-0.15, -0.1) is 11.3 Å². The summed E-state index contributed by atoms with van der Waals surface area (Å²) in [5, 5.41) is 2.79. The minimum Gasteiger partial charge on any atom is -0.329 e. The second-order valence-corrected chi connectivity index (χ2v) is 6.18. The maximum Gasteiger partial charge on any atom is 0.339 e. The van der Waals surface area contributed by atoms with E-state index in [1.54, 1.807) is 36.1 Å². The largest absolute Gasteiger partial charge is 0.339 e. The smallest absolute Gasteiger partial charge is 0.329 e. The van der Waals surface area contributed by atoms with Crippen LogP contribution in [0.5, 0.6) is 0 Å². The summed E-state index contributed by atoms with van der Waals surface area (Å²) in [6, 6.07) is 6.30. The van der Waals surface area contributed by atoms with Crippen LogP contribution in [0.15, 0.2) is 48.2 Å². The van der Waals surface area contributed by atoms with Crippen LogP contribution < -0.4 is 0 Å². The number of hydroxylamine groups is 2. The van der Waals surface area contributed by atoms with Crippen molar-refractivity contribution in [3.8, 4) is 10.7 Å². The Kier molecular flexibility index (Phi) is 3.98. The highest BCUT2D eigenvalue weighted by Crippen LogP contribution is 2.24. The molecule has 128 valence electrons. The van der Waals surface area contributed by atoms with Gasteiger partial charge in [-0.2, -0.15) is 0 Å². The van der Waals surface area contributed by atoms with Crippen LogP contribution >= 0.6 is 11.3 Å². The fraction of sp³-hybridized carbons (Fsp3) is 0.0588. The molecule has 4 rings (SSSR count). The quantitative estimate of drug-likeness (QED) is 0.650. The molecule has 1 aliphatic heterocycles. The Bertz CT molecular complexity index is 983. The molecule has 3 heterocycles. The molecule has 0 bridgehead atoms. The van der Waals surface area contributed by atoms with Crippen molar-refractivity contribution in [2.45, 2.75) is 6.42 Å². The van der Waals surface area contributed by atoms with Crippen LogP contribution in [0.3, 0.4) is 0 Å². The van der Waals surface area contributed by atoms with Gasteiger partial charge in [-0.05, 0) is 12.1 Å². The Morgan fingerprint density at radius 3 is 2.50 bits per heavy atom. The summed E-state index contributed by atoms with van der Waals surface area (Å²) in [5.74, 6) is -2.06. The number of benzene rings is 1. The van der Waals surface area contributed by atoms with Crippen molar-refractivity contribution in [2.24, 2.45) is 0 Å². The Balaban J connectivity index is 1.45. The number of hydrogen-bond donors (Lipinski definition) is 0. The first-order valence-electron chi connectivity index (χ1n) is 7.53. The molecule has 0 N–H and O–H groups in total. The lowest BCUT2D eigenvalue weighted by atomic mass is 10.1. The van der Waals surface area contributed by atoms with Gasteiger partial charge in [0.15, 0.2) is 0 Å². The molecule has 2 aromatic heterocycles. The highest BCUT2D eigenvalue weighted by molar-refractivity contribution is 7.13. The van der Waals surface area contributed by atoms with Crippen molar-refractivity contribution < 1.29 is 19.2 Å². The summed E-state index contributed by atoms with van der Waals surface area (Å²) in [7, 11) is 0. The number of aromatic nitrogens is 3. The van der Waals surface area contributed by atoms with Crippen molar-refractivity contribution in [2.75, 3.05) is 0 Å². The molecule has 0 atom stereocenters. The molecule has 0 fully saturated rings. The number of nitrogens with zero attached hydrogens (tertiary/aromatic N) is 4. The third kappa shape index (κ3) is 2.84. The summed E-state index contributed by atoms with van der Waals surface area (Å²) >= 11 is 1.31. The molecule has 2 amide bonds. The fourth-order valence-electron chi connectivity index (χ4n) is 2.45. The zero-order chi connectivity index (χ0) is 18.1. The van der Waals surface area contributed by atoms with E-state index in [2.05, 4.69) is 15.0 Å². The zero-order valence-electron chi connectivity index (χ0n) is 13.2. The van der Waals surface area contributed by atoms with Crippen molar-refractivity contribution in [3.63, 3.8) is 0 Å². The van der Waals surface area contributed by atoms with Gasteiger partial charge in [-0.3, -0.25) is 19.6 Å². The maximum atomic E-state index is 12.2. The molecule has 0 saturated heterocycles. The number of rotatable bonds is 4. The number of fused-ring (bicyclic) bond motifs is 1. The van der Waals surface area contributed by atoms with E-state index in [-0.39, 0.29) is 17.5 Å². The zero-order valence-corrected chi connectivity index (χ0v) is 14.0. The summed E-state index contributed by atoms with van der Waals surface area (Å²) < 4.78 is 0. The number of amides is 2. The Morgan fingerprint density at radius 1 is 1.12 bits per heavy atom. The SMILES string of the molecule is O=C(Cc1csc(-c2cnccn2)n1)ON1C(=O)c2ccccc2C1=O. The van der Waals surface area contributed by atoms with Crippen LogP contribution in [0.4, 0.5) is 0 Å². The van der Waals surface area contributed by atoms with Gasteiger partial charge in [-0.25, -0.2) is 9.78 Å². The molecule has 1 aliphatic rings. The van der Waals surface area contributed by atoms with Crippen LogP contribution in [-0.2, 0) is 16.1 Å². The molecular formula is C17H10N4O4S. The van der Waals surface area contributed by atoms with Crippen LogP contribution in [0, 0.1) is 0 Å². The standard InChI is InChI=1S/C17H10N4O4S/c22-14(7-10-9-26-15(20-10)13-8-18-5-6-19-13)25-21-16(23)11-3-1-2-4-12(11)17(21)24/h1-6,8-9H,7H2. The van der Waals surface area contributed by atoms with Gasteiger partial charge in [0.1, 0.15) is 10.7 Å². The molecule has 3 aromatic rings. The monoisotopic (exact) mass is 366 g/mol. The van der Waals surface area contributed by atoms with Gasteiger partial charge in [0.05, 0.1) is 29.4 Å². The van der Waals surface area contributed by atoms with E-state index in [1.807, 2.05) is 0 Å². The molecule has 0 radical (unpaired) electrons. The Hall–Kier alpha value is -3.46. The predicted octanol–water partition coefficient (Wildman–Crippen LogP) is 1.90. The van der Waals surface area contributed by atoms with Gasteiger partial charge < -0.3 is 4.84 Å². The van der Waals surface area contributed by atoms with E-state index in [1.165, 1.54) is 23.5 Å². The van der Waals surface area contributed by atoms with Crippen molar-refractivity contribution >= 4 is 29.1 Å². The number of imide groups is 1. The van der Waals surface area contributed by atoms with Crippen LogP contribution in [0.1, 0.15) is 26.4 Å². The van der Waals surface area contributed by atoms with Crippen molar-refractivity contribution in [1.82, 2.24) is 20.0 Å². The van der Waals surface area contributed by atoms with Gasteiger partial charge in [0.2, 0.25) is 0 Å². The number of hydrogen-bond acceptors (Lipinski definition) is 8. The van der Waals surface area contributed by atoms with Gasteiger partial charge in [0, 0.05) is 17.8 Å². The summed E-state index contributed by atoms with van der Waals surface area (Å²) in [6.07, 6.45) is 4.49. The van der Waals surface area contributed by atoms with Crippen LogP contribution in [0.2, 0.25) is 0 Å². The lowest BCUT2D eigenvalue weighted by molar-refractivity contribution is -0.167. The van der Waals surface area contributed by atoms with E-state index in [4.69, 9.17) is 4.84 Å². The minimum atomic E-state index is -0.754.